The van der Waals surface area contributed by atoms with E-state index in [4.69, 9.17) is 19.2 Å². The van der Waals surface area contributed by atoms with Crippen molar-refractivity contribution >= 4 is 8.07 Å². The summed E-state index contributed by atoms with van der Waals surface area (Å²) >= 11 is 0. The molecule has 1 saturated carbocycles. The summed E-state index contributed by atoms with van der Waals surface area (Å²) in [5, 5.41) is 0. The second kappa shape index (κ2) is 5.81. The van der Waals surface area contributed by atoms with Crippen molar-refractivity contribution in [1.82, 2.24) is 0 Å². The van der Waals surface area contributed by atoms with Crippen molar-refractivity contribution in [3.63, 3.8) is 0 Å². The maximum absolute atomic E-state index is 6.47. The third-order valence-corrected chi connectivity index (χ3v) is 7.64. The van der Waals surface area contributed by atoms with Gasteiger partial charge in [-0.1, -0.05) is 39.4 Å². The molecule has 8 atom stereocenters. The molecular weight excluding hydrogens is 332 g/mol. The number of ether oxygens (including phenoxy) is 2. The highest BCUT2D eigenvalue weighted by Gasteiger charge is 2.69. The van der Waals surface area contributed by atoms with E-state index in [1.807, 2.05) is 6.92 Å². The molecule has 5 aliphatic rings. The maximum atomic E-state index is 6.47. The van der Waals surface area contributed by atoms with Crippen LogP contribution >= 0.6 is 0 Å². The van der Waals surface area contributed by atoms with Gasteiger partial charge in [-0.3, -0.25) is 0 Å². The molecule has 5 heteroatoms. The van der Waals surface area contributed by atoms with Crippen molar-refractivity contribution in [2.24, 2.45) is 23.7 Å². The molecule has 2 bridgehead atoms. The van der Waals surface area contributed by atoms with Crippen LogP contribution in [0.5, 0.6) is 0 Å². The molecule has 0 radical (unpaired) electrons. The van der Waals surface area contributed by atoms with Gasteiger partial charge in [0, 0.05) is 12.3 Å². The van der Waals surface area contributed by atoms with Crippen LogP contribution in [0.4, 0.5) is 0 Å². The van der Waals surface area contributed by atoms with Crippen LogP contribution in [-0.2, 0) is 19.2 Å². The van der Waals surface area contributed by atoms with E-state index < -0.39 is 19.5 Å². The number of hydrogen-bond donors (Lipinski definition) is 0. The van der Waals surface area contributed by atoms with Crippen molar-refractivity contribution in [1.29, 1.82) is 0 Å². The summed E-state index contributed by atoms with van der Waals surface area (Å²) in [6.45, 7) is 13.4. The molecule has 5 rings (SSSR count). The molecule has 4 heterocycles. The summed E-state index contributed by atoms with van der Waals surface area (Å²) in [7, 11) is -1.44. The first-order valence-corrected chi connectivity index (χ1v) is 13.4. The highest BCUT2D eigenvalue weighted by molar-refractivity contribution is 6.83. The lowest BCUT2D eigenvalue weighted by Crippen LogP contribution is -2.70. The molecule has 0 unspecified atom stereocenters. The summed E-state index contributed by atoms with van der Waals surface area (Å²) in [6, 6.07) is 0. The van der Waals surface area contributed by atoms with Gasteiger partial charge < -0.3 is 9.47 Å². The van der Waals surface area contributed by atoms with Crippen molar-refractivity contribution in [3.8, 4) is 11.5 Å². The highest BCUT2D eigenvalue weighted by Crippen LogP contribution is 2.60. The van der Waals surface area contributed by atoms with Gasteiger partial charge in [-0.25, -0.2) is 9.78 Å². The van der Waals surface area contributed by atoms with Gasteiger partial charge in [0.15, 0.2) is 11.9 Å². The van der Waals surface area contributed by atoms with Crippen molar-refractivity contribution in [3.05, 3.63) is 0 Å². The van der Waals surface area contributed by atoms with Crippen LogP contribution in [0, 0.1) is 35.1 Å². The molecule has 4 aliphatic heterocycles. The van der Waals surface area contributed by atoms with Gasteiger partial charge in [0.1, 0.15) is 14.2 Å². The Hall–Kier alpha value is -0.383. The lowest BCUT2D eigenvalue weighted by molar-refractivity contribution is -0.569. The zero-order chi connectivity index (χ0) is 18.0. The molecule has 1 aliphatic carbocycles. The lowest BCUT2D eigenvalue weighted by atomic mass is 9.57. The van der Waals surface area contributed by atoms with Crippen molar-refractivity contribution in [2.75, 3.05) is 0 Å². The fraction of sp³-hybridized carbons (Fsp3) is 0.900. The van der Waals surface area contributed by atoms with Gasteiger partial charge >= 0.3 is 0 Å². The third-order valence-electron chi connectivity index (χ3n) is 6.75. The molecule has 0 aromatic heterocycles. The normalized spacial score (nSPS) is 51.9. The first-order chi connectivity index (χ1) is 11.6. The van der Waals surface area contributed by atoms with Crippen LogP contribution in [0.15, 0.2) is 0 Å². The van der Waals surface area contributed by atoms with Gasteiger partial charge in [0.25, 0.3) is 0 Å². The monoisotopic (exact) mass is 364 g/mol. The van der Waals surface area contributed by atoms with E-state index in [1.165, 1.54) is 6.42 Å². The second-order valence-electron chi connectivity index (χ2n) is 9.85. The molecule has 140 valence electrons. The van der Waals surface area contributed by atoms with Gasteiger partial charge in [-0.05, 0) is 43.9 Å². The van der Waals surface area contributed by atoms with Crippen LogP contribution in [0.2, 0.25) is 19.6 Å². The zero-order valence-corrected chi connectivity index (χ0v) is 17.4. The first-order valence-electron chi connectivity index (χ1n) is 9.87. The molecule has 5 fully saturated rings. The Morgan fingerprint density at radius 3 is 2.48 bits per heavy atom. The zero-order valence-electron chi connectivity index (χ0n) is 16.4. The van der Waals surface area contributed by atoms with Crippen LogP contribution in [0.25, 0.3) is 0 Å². The van der Waals surface area contributed by atoms with Crippen molar-refractivity contribution < 1.29 is 19.2 Å². The Labute approximate surface area is 152 Å². The quantitative estimate of drug-likeness (QED) is 0.368. The fourth-order valence-corrected chi connectivity index (χ4v) is 5.93. The summed E-state index contributed by atoms with van der Waals surface area (Å²) < 4.78 is 12.8. The van der Waals surface area contributed by atoms with E-state index in [-0.39, 0.29) is 12.4 Å². The Morgan fingerprint density at radius 1 is 1.00 bits per heavy atom. The Morgan fingerprint density at radius 2 is 1.76 bits per heavy atom. The van der Waals surface area contributed by atoms with Crippen LogP contribution in [-0.4, -0.2) is 31.9 Å². The van der Waals surface area contributed by atoms with Gasteiger partial charge in [0.2, 0.25) is 5.79 Å². The molecule has 4 nitrogen and oxygen atoms in total. The second-order valence-corrected chi connectivity index (χ2v) is 14.6. The molecule has 0 amide bonds. The van der Waals surface area contributed by atoms with Crippen LogP contribution < -0.4 is 0 Å². The third kappa shape index (κ3) is 2.81. The Bertz CT molecular complexity index is 605. The van der Waals surface area contributed by atoms with Crippen molar-refractivity contribution in [2.45, 2.75) is 89.9 Å². The Balaban J connectivity index is 1.73. The molecule has 0 N–H and O–H groups in total. The summed E-state index contributed by atoms with van der Waals surface area (Å²) in [5.41, 5.74) is 3.04. The van der Waals surface area contributed by atoms with E-state index >= 15 is 0 Å². The first kappa shape index (κ1) is 18.0. The number of hydrogen-bond acceptors (Lipinski definition) is 4. The largest absolute Gasteiger partial charge is 0.333 e. The molecular formula is C20H32O4Si. The predicted octanol–water partition coefficient (Wildman–Crippen LogP) is 4.12. The minimum atomic E-state index is -1.44. The summed E-state index contributed by atoms with van der Waals surface area (Å²) in [4.78, 5) is 12.0. The molecule has 0 aromatic rings. The molecule has 1 spiro atoms. The van der Waals surface area contributed by atoms with Gasteiger partial charge in [-0.2, -0.15) is 0 Å². The average Bonchev–Trinajstić information content (AvgIpc) is 2.75. The summed E-state index contributed by atoms with van der Waals surface area (Å²) in [6.07, 6.45) is 3.86. The molecule has 0 aromatic carbocycles. The standard InChI is InChI=1S/C20H32O4Si/c1-13-7-8-16-14(2)17(10-12-25(4,5)6)21-18-20(16)15(13)9-11-19(3,22-18)23-24-20/h13-18H,7-9,11H2,1-6H3/t13-,14-,15+,16+,17-,18-,19+,20-/m1/s1. The molecule has 4 saturated heterocycles. The maximum Gasteiger partial charge on any atom is 0.201 e. The van der Waals surface area contributed by atoms with E-state index in [0.29, 0.717) is 23.7 Å². The Kier molecular flexibility index (Phi) is 4.18. The number of fused-ring (bicyclic) bond motifs is 2. The van der Waals surface area contributed by atoms with Gasteiger partial charge in [-0.15, -0.1) is 5.54 Å². The van der Waals surface area contributed by atoms with E-state index in [1.54, 1.807) is 0 Å². The van der Waals surface area contributed by atoms with E-state index in [9.17, 15) is 0 Å². The average molecular weight is 365 g/mol. The summed E-state index contributed by atoms with van der Waals surface area (Å²) in [5.74, 6) is 4.49. The van der Waals surface area contributed by atoms with E-state index in [0.717, 1.165) is 19.3 Å². The van der Waals surface area contributed by atoms with Gasteiger partial charge in [0.05, 0.1) is 0 Å². The van der Waals surface area contributed by atoms with Crippen LogP contribution in [0.3, 0.4) is 0 Å². The number of rotatable bonds is 0. The van der Waals surface area contributed by atoms with Crippen LogP contribution in [0.1, 0.15) is 46.5 Å². The lowest BCUT2D eigenvalue weighted by Gasteiger charge is -2.59. The minimum absolute atomic E-state index is 0.0760. The topological polar surface area (TPSA) is 36.9 Å². The SMILES string of the molecule is C[C@H]1[C@@H](C#C[Si](C)(C)C)O[C@@H]2O[C@]3(C)CC[C@H]4[C@H](C)CC[C@@H]1[C@@]24OO3. The smallest absolute Gasteiger partial charge is 0.201 e. The fourth-order valence-electron chi connectivity index (χ4n) is 5.36. The minimum Gasteiger partial charge on any atom is -0.333 e. The van der Waals surface area contributed by atoms with E-state index in [2.05, 4.69) is 45.0 Å². The predicted molar refractivity (Wildman–Crippen MR) is 98.0 cm³/mol. The molecule has 25 heavy (non-hydrogen) atoms. The highest BCUT2D eigenvalue weighted by atomic mass is 28.3.